The molecule has 0 heterocycles. The number of nitro benzene ring substituents is 1. The summed E-state index contributed by atoms with van der Waals surface area (Å²) in [6.45, 7) is -0.554. The third-order valence-corrected chi connectivity index (χ3v) is 4.48. The average molecular weight is 318 g/mol. The molecule has 0 aliphatic rings. The van der Waals surface area contributed by atoms with Crippen LogP contribution in [-0.2, 0) is 19.6 Å². The number of nitrogens with zero attached hydrogens (tertiary/aromatic N) is 2. The van der Waals surface area contributed by atoms with Crippen LogP contribution in [0.3, 0.4) is 0 Å². The summed E-state index contributed by atoms with van der Waals surface area (Å²) in [4.78, 5) is 20.8. The Bertz CT molecular complexity index is 657. The van der Waals surface area contributed by atoms with Crippen LogP contribution in [0.15, 0.2) is 23.1 Å². The lowest BCUT2D eigenvalue weighted by Crippen LogP contribution is -2.33. The first-order valence-corrected chi connectivity index (χ1v) is 7.03. The molecule has 0 aromatic heterocycles. The maximum Gasteiger partial charge on any atom is 0.321 e. The molecule has 0 spiro atoms. The van der Waals surface area contributed by atoms with Crippen molar-refractivity contribution in [1.82, 2.24) is 4.31 Å². The van der Waals surface area contributed by atoms with Crippen molar-refractivity contribution in [2.45, 2.75) is 4.90 Å². The lowest BCUT2D eigenvalue weighted by Gasteiger charge is -2.16. The number of likely N-dealkylation sites (N-methyl/N-ethyl adjacent to an activating group) is 1. The largest absolute Gasteiger partial charge is 0.497 e. The van der Waals surface area contributed by atoms with E-state index in [1.54, 1.807) is 0 Å². The maximum atomic E-state index is 12.3. The Hall–Kier alpha value is -2.20. The lowest BCUT2D eigenvalue weighted by atomic mass is 10.3. The number of benzene rings is 1. The van der Waals surface area contributed by atoms with Gasteiger partial charge in [0.2, 0.25) is 10.0 Å². The van der Waals surface area contributed by atoms with E-state index in [1.165, 1.54) is 13.2 Å². The fraction of sp³-hybridized carbons (Fsp3) is 0.364. The summed E-state index contributed by atoms with van der Waals surface area (Å²) < 4.78 is 34.4. The first-order chi connectivity index (χ1) is 9.73. The van der Waals surface area contributed by atoms with Crippen LogP contribution in [0.2, 0.25) is 0 Å². The minimum absolute atomic E-state index is 0.149. The molecule has 0 aliphatic heterocycles. The predicted octanol–water partition coefficient (Wildman–Crippen LogP) is 0.397. The Balaban J connectivity index is 3.31. The van der Waals surface area contributed by atoms with Crippen molar-refractivity contribution in [3.8, 4) is 5.75 Å². The van der Waals surface area contributed by atoms with Crippen LogP contribution < -0.4 is 4.74 Å². The molecule has 1 rings (SSSR count). The molecule has 1 aromatic rings. The Morgan fingerprint density at radius 3 is 2.48 bits per heavy atom. The molecule has 9 nitrogen and oxygen atoms in total. The van der Waals surface area contributed by atoms with E-state index in [0.29, 0.717) is 4.31 Å². The monoisotopic (exact) mass is 318 g/mol. The van der Waals surface area contributed by atoms with Gasteiger partial charge in [0.05, 0.1) is 25.2 Å². The van der Waals surface area contributed by atoms with Crippen LogP contribution in [-0.4, -0.2) is 51.4 Å². The fourth-order valence-electron chi connectivity index (χ4n) is 1.48. The summed E-state index contributed by atoms with van der Waals surface area (Å²) in [5.74, 6) is -0.631. The highest BCUT2D eigenvalue weighted by Gasteiger charge is 2.31. The second-order valence-electron chi connectivity index (χ2n) is 3.93. The number of carbonyl (C=O) groups is 1. The Kier molecular flexibility index (Phi) is 5.22. The zero-order valence-electron chi connectivity index (χ0n) is 11.6. The van der Waals surface area contributed by atoms with Crippen LogP contribution in [0.4, 0.5) is 5.69 Å². The van der Waals surface area contributed by atoms with E-state index < -0.39 is 38.0 Å². The van der Waals surface area contributed by atoms with Gasteiger partial charge in [0.25, 0.3) is 5.69 Å². The molecule has 1 aromatic carbocycles. The summed E-state index contributed by atoms with van der Waals surface area (Å²) in [7, 11) is -0.672. The number of ether oxygens (including phenoxy) is 2. The van der Waals surface area contributed by atoms with Crippen LogP contribution in [0, 0.1) is 10.1 Å². The smallest absolute Gasteiger partial charge is 0.321 e. The second kappa shape index (κ2) is 6.50. The number of sulfonamides is 1. The normalized spacial score (nSPS) is 11.2. The van der Waals surface area contributed by atoms with Gasteiger partial charge in [-0.1, -0.05) is 0 Å². The molecule has 21 heavy (non-hydrogen) atoms. The maximum absolute atomic E-state index is 12.3. The zero-order valence-corrected chi connectivity index (χ0v) is 12.4. The number of rotatable bonds is 6. The van der Waals surface area contributed by atoms with Gasteiger partial charge in [-0.05, 0) is 12.1 Å². The van der Waals surface area contributed by atoms with Gasteiger partial charge >= 0.3 is 5.97 Å². The first kappa shape index (κ1) is 16.9. The minimum atomic E-state index is -4.21. The van der Waals surface area contributed by atoms with E-state index >= 15 is 0 Å². The molecule has 0 bridgehead atoms. The zero-order chi connectivity index (χ0) is 16.2. The Labute approximate surface area is 121 Å². The molecule has 0 amide bonds. The van der Waals surface area contributed by atoms with E-state index in [2.05, 4.69) is 4.74 Å². The van der Waals surface area contributed by atoms with Crippen molar-refractivity contribution >= 4 is 21.7 Å². The van der Waals surface area contributed by atoms with E-state index in [-0.39, 0.29) is 5.75 Å². The minimum Gasteiger partial charge on any atom is -0.497 e. The molecule has 0 fully saturated rings. The lowest BCUT2D eigenvalue weighted by molar-refractivity contribution is -0.387. The molecule has 0 radical (unpaired) electrons. The number of carbonyl (C=O) groups excluding carboxylic acids is 1. The highest BCUT2D eigenvalue weighted by Crippen LogP contribution is 2.29. The summed E-state index contributed by atoms with van der Waals surface area (Å²) >= 11 is 0. The van der Waals surface area contributed by atoms with Crippen LogP contribution >= 0.6 is 0 Å². The molecule has 10 heteroatoms. The molecule has 0 N–H and O–H groups in total. The van der Waals surface area contributed by atoms with E-state index in [1.807, 2.05) is 0 Å². The van der Waals surface area contributed by atoms with Crippen molar-refractivity contribution in [1.29, 1.82) is 0 Å². The van der Waals surface area contributed by atoms with E-state index in [0.717, 1.165) is 26.3 Å². The first-order valence-electron chi connectivity index (χ1n) is 5.59. The van der Waals surface area contributed by atoms with Gasteiger partial charge in [-0.3, -0.25) is 14.9 Å². The molecule has 0 unspecified atom stereocenters. The average Bonchev–Trinajstić information content (AvgIpc) is 2.45. The van der Waals surface area contributed by atoms with Crippen molar-refractivity contribution in [3.05, 3.63) is 28.3 Å². The van der Waals surface area contributed by atoms with Crippen LogP contribution in [0.1, 0.15) is 0 Å². The van der Waals surface area contributed by atoms with Gasteiger partial charge < -0.3 is 9.47 Å². The van der Waals surface area contributed by atoms with Crippen molar-refractivity contribution in [2.24, 2.45) is 0 Å². The van der Waals surface area contributed by atoms with Crippen LogP contribution in [0.5, 0.6) is 5.75 Å². The molecule has 0 atom stereocenters. The van der Waals surface area contributed by atoms with Gasteiger partial charge in [-0.25, -0.2) is 8.42 Å². The van der Waals surface area contributed by atoms with E-state index in [9.17, 15) is 23.3 Å². The van der Waals surface area contributed by atoms with Gasteiger partial charge in [0.15, 0.2) is 4.90 Å². The highest BCUT2D eigenvalue weighted by molar-refractivity contribution is 7.89. The second-order valence-corrected chi connectivity index (χ2v) is 5.94. The van der Waals surface area contributed by atoms with Gasteiger partial charge in [-0.2, -0.15) is 4.31 Å². The van der Waals surface area contributed by atoms with Crippen molar-refractivity contribution < 1.29 is 27.6 Å². The van der Waals surface area contributed by atoms with Crippen molar-refractivity contribution in [2.75, 3.05) is 27.8 Å². The standard InChI is InChI=1S/C11H14N2O7S/c1-12(7-11(14)20-3)21(17,18)10-5-4-8(19-2)6-9(10)13(15)16/h4-6H,7H2,1-3H3. The molecule has 0 saturated carbocycles. The van der Waals surface area contributed by atoms with Crippen LogP contribution in [0.25, 0.3) is 0 Å². The summed E-state index contributed by atoms with van der Waals surface area (Å²) in [5.41, 5.74) is -0.633. The quantitative estimate of drug-likeness (QED) is 0.423. The Morgan fingerprint density at radius 2 is 2.00 bits per heavy atom. The number of hydrogen-bond donors (Lipinski definition) is 0. The number of nitro groups is 1. The summed E-state index contributed by atoms with van der Waals surface area (Å²) in [5, 5.41) is 11.0. The SMILES string of the molecule is COC(=O)CN(C)S(=O)(=O)c1ccc(OC)cc1[N+](=O)[O-]. The van der Waals surface area contributed by atoms with Crippen molar-refractivity contribution in [3.63, 3.8) is 0 Å². The van der Waals surface area contributed by atoms with Gasteiger partial charge in [-0.15, -0.1) is 0 Å². The third-order valence-electron chi connectivity index (χ3n) is 2.63. The summed E-state index contributed by atoms with van der Waals surface area (Å²) in [6, 6.07) is 3.34. The number of methoxy groups -OCH3 is 2. The van der Waals surface area contributed by atoms with E-state index in [4.69, 9.17) is 4.74 Å². The van der Waals surface area contributed by atoms with Gasteiger partial charge in [0.1, 0.15) is 12.3 Å². The molecule has 116 valence electrons. The molecule has 0 aliphatic carbocycles. The summed E-state index contributed by atoms with van der Waals surface area (Å²) in [6.07, 6.45) is 0. The Morgan fingerprint density at radius 1 is 1.38 bits per heavy atom. The highest BCUT2D eigenvalue weighted by atomic mass is 32.2. The molecule has 0 saturated heterocycles. The molecular weight excluding hydrogens is 304 g/mol. The van der Waals surface area contributed by atoms with Gasteiger partial charge in [0, 0.05) is 7.05 Å². The number of esters is 1. The number of hydrogen-bond acceptors (Lipinski definition) is 7. The topological polar surface area (TPSA) is 116 Å². The fourth-order valence-corrected chi connectivity index (χ4v) is 2.73. The molecular formula is C11H14N2O7S. The third kappa shape index (κ3) is 3.67. The predicted molar refractivity (Wildman–Crippen MR) is 71.5 cm³/mol.